The molecule has 0 aliphatic rings. The second-order valence-electron chi connectivity index (χ2n) is 10.2. The van der Waals surface area contributed by atoms with Crippen LogP contribution >= 0.6 is 0 Å². The molecule has 3 rings (SSSR count). The zero-order valence-corrected chi connectivity index (χ0v) is 22.9. The molecule has 41 heavy (non-hydrogen) atoms. The van der Waals surface area contributed by atoms with E-state index in [-0.39, 0.29) is 33.9 Å². The first-order valence-electron chi connectivity index (χ1n) is 12.5. The van der Waals surface area contributed by atoms with Crippen molar-refractivity contribution >= 4 is 11.7 Å². The number of methoxy groups -OCH3 is 1. The lowest BCUT2D eigenvalue weighted by atomic mass is 9.86. The van der Waals surface area contributed by atoms with Crippen LogP contribution in [0.25, 0.3) is 11.3 Å². The van der Waals surface area contributed by atoms with E-state index in [9.17, 15) is 32.3 Å². The zero-order valence-electron chi connectivity index (χ0n) is 22.9. The van der Waals surface area contributed by atoms with Crippen molar-refractivity contribution < 1.29 is 41.7 Å². The van der Waals surface area contributed by atoms with Crippen LogP contribution in [0.5, 0.6) is 11.5 Å². The molecule has 1 atom stereocenters. The summed E-state index contributed by atoms with van der Waals surface area (Å²) < 4.78 is 67.7. The standard InChI is InChI=1S/C29H31F4N3O5/c1-16-11-17(5-7-20(16)30)21-13-19(27(2,3)35)14-25(36-21)28(39,29(31,32)33)10-9-22(37)18-6-8-23(24(12-18)40-4)41-15-26(34)38/h5-8,11-14,39H,9-10,15,35H2,1-4H3,(H2,34,38)/t28-/m0/s1. The van der Waals surface area contributed by atoms with Gasteiger partial charge < -0.3 is 26.0 Å². The number of Topliss-reactive ketones (excluding diaryl/α,β-unsaturated/α-hetero) is 1. The Bertz CT molecular complexity index is 1450. The van der Waals surface area contributed by atoms with Crippen molar-refractivity contribution in [1.82, 2.24) is 4.98 Å². The van der Waals surface area contributed by atoms with Crippen molar-refractivity contribution in [2.24, 2.45) is 11.5 Å². The van der Waals surface area contributed by atoms with Gasteiger partial charge in [0.15, 0.2) is 23.9 Å². The van der Waals surface area contributed by atoms with Crippen molar-refractivity contribution in [2.75, 3.05) is 13.7 Å². The quantitative estimate of drug-likeness (QED) is 0.222. The molecule has 3 aromatic rings. The average Bonchev–Trinajstić information content (AvgIpc) is 2.90. The molecular formula is C29H31F4N3O5. The Morgan fingerprint density at radius 2 is 1.71 bits per heavy atom. The van der Waals surface area contributed by atoms with Crippen LogP contribution in [0, 0.1) is 12.7 Å². The minimum atomic E-state index is -5.22. The third kappa shape index (κ3) is 7.19. The predicted molar refractivity (Wildman–Crippen MR) is 143 cm³/mol. The van der Waals surface area contributed by atoms with Crippen LogP contribution in [0.1, 0.15) is 53.9 Å². The molecule has 12 heteroatoms. The fourth-order valence-corrected chi connectivity index (χ4v) is 4.03. The molecule has 0 unspecified atom stereocenters. The number of ketones is 1. The van der Waals surface area contributed by atoms with Gasteiger partial charge in [0.1, 0.15) is 5.82 Å². The van der Waals surface area contributed by atoms with E-state index >= 15 is 0 Å². The molecule has 2 aromatic carbocycles. The molecule has 0 aliphatic heterocycles. The van der Waals surface area contributed by atoms with Gasteiger partial charge in [0.2, 0.25) is 5.60 Å². The number of aliphatic hydroxyl groups is 1. The van der Waals surface area contributed by atoms with Gasteiger partial charge in [-0.2, -0.15) is 13.2 Å². The van der Waals surface area contributed by atoms with Crippen molar-refractivity contribution in [3.63, 3.8) is 0 Å². The number of amides is 1. The molecule has 1 heterocycles. The summed E-state index contributed by atoms with van der Waals surface area (Å²) in [6.45, 7) is 4.20. The van der Waals surface area contributed by atoms with Gasteiger partial charge in [-0.3, -0.25) is 9.59 Å². The van der Waals surface area contributed by atoms with Gasteiger partial charge in [0.05, 0.1) is 18.5 Å². The Balaban J connectivity index is 2.01. The first-order valence-corrected chi connectivity index (χ1v) is 12.5. The van der Waals surface area contributed by atoms with E-state index in [0.29, 0.717) is 5.56 Å². The van der Waals surface area contributed by atoms with Crippen LogP contribution in [0.4, 0.5) is 17.6 Å². The normalized spacial score (nSPS) is 13.4. The number of alkyl halides is 3. The van der Waals surface area contributed by atoms with Crippen molar-refractivity contribution in [3.05, 3.63) is 76.7 Å². The van der Waals surface area contributed by atoms with Crippen molar-refractivity contribution in [1.29, 1.82) is 0 Å². The predicted octanol–water partition coefficient (Wildman–Crippen LogP) is 4.68. The third-order valence-electron chi connectivity index (χ3n) is 6.49. The molecule has 0 fully saturated rings. The number of benzene rings is 2. The van der Waals surface area contributed by atoms with Crippen LogP contribution in [0.2, 0.25) is 0 Å². The number of hydrogen-bond acceptors (Lipinski definition) is 7. The Labute approximate surface area is 234 Å². The Morgan fingerprint density at radius 1 is 1.02 bits per heavy atom. The monoisotopic (exact) mass is 577 g/mol. The van der Waals surface area contributed by atoms with Crippen LogP contribution in [0.3, 0.4) is 0 Å². The summed E-state index contributed by atoms with van der Waals surface area (Å²) in [7, 11) is 1.28. The molecule has 5 N–H and O–H groups in total. The first-order chi connectivity index (χ1) is 19.0. The molecular weight excluding hydrogens is 546 g/mol. The van der Waals surface area contributed by atoms with Crippen LogP contribution < -0.4 is 20.9 Å². The van der Waals surface area contributed by atoms with E-state index in [1.165, 1.54) is 56.5 Å². The smallest absolute Gasteiger partial charge is 0.422 e. The lowest BCUT2D eigenvalue weighted by Crippen LogP contribution is -2.44. The van der Waals surface area contributed by atoms with E-state index in [4.69, 9.17) is 20.9 Å². The minimum Gasteiger partial charge on any atom is -0.493 e. The molecule has 0 saturated carbocycles. The number of hydrogen-bond donors (Lipinski definition) is 3. The number of pyridine rings is 1. The Hall–Kier alpha value is -4.03. The number of primary amides is 1. The van der Waals surface area contributed by atoms with Gasteiger partial charge in [-0.25, -0.2) is 9.37 Å². The number of carbonyl (C=O) groups excluding carboxylic acids is 2. The van der Waals surface area contributed by atoms with Gasteiger partial charge >= 0.3 is 6.18 Å². The topological polar surface area (TPSA) is 138 Å². The maximum Gasteiger partial charge on any atom is 0.422 e. The minimum absolute atomic E-state index is 0.00919. The number of carbonyl (C=O) groups is 2. The molecule has 0 radical (unpaired) electrons. The van der Waals surface area contributed by atoms with Gasteiger partial charge in [-0.1, -0.05) is 0 Å². The zero-order chi connectivity index (χ0) is 30.8. The maximum absolute atomic E-state index is 14.5. The highest BCUT2D eigenvalue weighted by atomic mass is 19.4. The highest BCUT2D eigenvalue weighted by molar-refractivity contribution is 5.96. The number of nitrogens with two attached hydrogens (primary N) is 2. The van der Waals surface area contributed by atoms with E-state index < -0.39 is 60.0 Å². The van der Waals surface area contributed by atoms with Gasteiger partial charge in [0, 0.05) is 23.1 Å². The van der Waals surface area contributed by atoms with Crippen molar-refractivity contribution in [2.45, 2.75) is 50.9 Å². The first kappa shape index (κ1) is 31.5. The number of aryl methyl sites for hydroxylation is 1. The summed E-state index contributed by atoms with van der Waals surface area (Å²) in [6, 6.07) is 10.3. The van der Waals surface area contributed by atoms with Gasteiger partial charge in [-0.15, -0.1) is 0 Å². The maximum atomic E-state index is 14.5. The number of nitrogens with zero attached hydrogens (tertiary/aromatic N) is 1. The van der Waals surface area contributed by atoms with Crippen LogP contribution in [0.15, 0.2) is 48.5 Å². The highest BCUT2D eigenvalue weighted by Gasteiger charge is 2.56. The van der Waals surface area contributed by atoms with E-state index in [1.807, 2.05) is 0 Å². The number of ether oxygens (including phenoxy) is 2. The molecule has 0 aliphatic carbocycles. The highest BCUT2D eigenvalue weighted by Crippen LogP contribution is 2.43. The Morgan fingerprint density at radius 3 is 2.27 bits per heavy atom. The summed E-state index contributed by atoms with van der Waals surface area (Å²) in [6.07, 6.45) is -7.00. The van der Waals surface area contributed by atoms with E-state index in [1.54, 1.807) is 13.8 Å². The lowest BCUT2D eigenvalue weighted by Gasteiger charge is -2.32. The van der Waals surface area contributed by atoms with Crippen LogP contribution in [-0.4, -0.2) is 41.7 Å². The second-order valence-corrected chi connectivity index (χ2v) is 10.2. The molecule has 1 aromatic heterocycles. The SMILES string of the molecule is COc1cc(C(=O)CC[C@](O)(c2cc(C(C)(C)N)cc(-c3ccc(F)c(C)c3)n2)C(F)(F)F)ccc1OCC(N)=O. The molecule has 0 saturated heterocycles. The lowest BCUT2D eigenvalue weighted by molar-refractivity contribution is -0.270. The van der Waals surface area contributed by atoms with Crippen molar-refractivity contribution in [3.8, 4) is 22.8 Å². The Kier molecular flexibility index (Phi) is 9.09. The van der Waals surface area contributed by atoms with Gasteiger partial charge in [0.25, 0.3) is 5.91 Å². The third-order valence-corrected chi connectivity index (χ3v) is 6.49. The summed E-state index contributed by atoms with van der Waals surface area (Å²) in [4.78, 5) is 28.1. The molecule has 0 spiro atoms. The molecule has 220 valence electrons. The van der Waals surface area contributed by atoms with E-state index in [2.05, 4.69) is 4.98 Å². The number of rotatable bonds is 11. The number of halogens is 4. The molecule has 1 amide bonds. The summed E-state index contributed by atoms with van der Waals surface area (Å²) in [5.41, 5.74) is 6.71. The summed E-state index contributed by atoms with van der Waals surface area (Å²) in [5, 5.41) is 11.1. The fourth-order valence-electron chi connectivity index (χ4n) is 4.03. The largest absolute Gasteiger partial charge is 0.493 e. The van der Waals surface area contributed by atoms with Gasteiger partial charge in [-0.05, 0) is 86.8 Å². The second kappa shape index (κ2) is 11.8. The molecule has 0 bridgehead atoms. The number of aromatic nitrogens is 1. The molecule has 8 nitrogen and oxygen atoms in total. The average molecular weight is 578 g/mol. The fraction of sp³-hybridized carbons (Fsp3) is 0.345. The van der Waals surface area contributed by atoms with Crippen LogP contribution in [-0.2, 0) is 15.9 Å². The summed E-state index contributed by atoms with van der Waals surface area (Å²) in [5.74, 6) is -1.81. The van der Waals surface area contributed by atoms with E-state index in [0.717, 1.165) is 6.07 Å². The summed E-state index contributed by atoms with van der Waals surface area (Å²) >= 11 is 0.